The van der Waals surface area contributed by atoms with Crippen molar-refractivity contribution >= 4 is 11.6 Å². The van der Waals surface area contributed by atoms with Crippen LogP contribution >= 0.6 is 11.6 Å². The van der Waals surface area contributed by atoms with Crippen molar-refractivity contribution in [3.05, 3.63) is 35.2 Å². The van der Waals surface area contributed by atoms with Crippen LogP contribution in [-0.4, -0.2) is 55.7 Å². The molecule has 0 spiro atoms. The minimum Gasteiger partial charge on any atom is -0.487 e. The van der Waals surface area contributed by atoms with E-state index in [-0.39, 0.29) is 13.2 Å². The molecule has 1 aromatic rings. The molecular weight excluding hydrogens is 332 g/mol. The Morgan fingerprint density at radius 3 is 2.54 bits per heavy atom. The number of ether oxygens (including phenoxy) is 3. The lowest BCUT2D eigenvalue weighted by molar-refractivity contribution is 0.101. The number of para-hydroxylation sites is 2. The zero-order chi connectivity index (χ0) is 17.5. The first-order valence-electron chi connectivity index (χ1n) is 7.96. The Bertz CT molecular complexity index is 565. The molecule has 2 rings (SSSR count). The van der Waals surface area contributed by atoms with Crippen LogP contribution < -0.4 is 14.8 Å². The summed E-state index contributed by atoms with van der Waals surface area (Å²) in [6, 6.07) is 7.64. The molecule has 0 amide bonds. The number of rotatable bonds is 9. The third-order valence-corrected chi connectivity index (χ3v) is 3.90. The lowest BCUT2D eigenvalue weighted by Crippen LogP contribution is -2.35. The molecule has 0 radical (unpaired) electrons. The highest BCUT2D eigenvalue weighted by Crippen LogP contribution is 2.29. The monoisotopic (exact) mass is 356 g/mol. The van der Waals surface area contributed by atoms with Crippen molar-refractivity contribution < 1.29 is 19.3 Å². The first-order valence-corrected chi connectivity index (χ1v) is 8.33. The van der Waals surface area contributed by atoms with Crippen LogP contribution in [0.2, 0.25) is 0 Å². The molecule has 6 nitrogen and oxygen atoms in total. The fraction of sp³-hybridized carbons (Fsp3) is 0.529. The number of aliphatic hydroxyl groups is 1. The summed E-state index contributed by atoms with van der Waals surface area (Å²) in [5, 5.41) is 13.6. The van der Waals surface area contributed by atoms with Gasteiger partial charge in [0, 0.05) is 19.6 Å². The van der Waals surface area contributed by atoms with E-state index in [1.165, 1.54) is 0 Å². The molecule has 24 heavy (non-hydrogen) atoms. The average Bonchev–Trinajstić information content (AvgIpc) is 2.88. The summed E-state index contributed by atoms with van der Waals surface area (Å²) in [7, 11) is 1.85. The quantitative estimate of drug-likeness (QED) is 0.661. The van der Waals surface area contributed by atoms with E-state index in [9.17, 15) is 5.11 Å². The molecule has 2 N–H and O–H groups in total. The van der Waals surface area contributed by atoms with Crippen molar-refractivity contribution in [1.82, 2.24) is 10.2 Å². The normalized spacial score (nSPS) is 15.7. The van der Waals surface area contributed by atoms with Crippen molar-refractivity contribution in [3.63, 3.8) is 0 Å². The van der Waals surface area contributed by atoms with E-state index < -0.39 is 6.10 Å². The van der Waals surface area contributed by atoms with Crippen LogP contribution in [0.4, 0.5) is 0 Å². The molecule has 1 aromatic carbocycles. The van der Waals surface area contributed by atoms with Gasteiger partial charge in [-0.25, -0.2) is 0 Å². The van der Waals surface area contributed by atoms with Crippen LogP contribution in [0, 0.1) is 0 Å². The Morgan fingerprint density at radius 2 is 1.96 bits per heavy atom. The number of aliphatic hydroxyl groups excluding tert-OH is 1. The molecule has 1 aliphatic heterocycles. The second-order valence-corrected chi connectivity index (χ2v) is 6.31. The molecule has 0 saturated heterocycles. The van der Waals surface area contributed by atoms with Gasteiger partial charge in [-0.2, -0.15) is 0 Å². The number of halogens is 1. The lowest BCUT2D eigenvalue weighted by atomic mass is 10.3. The zero-order valence-electron chi connectivity index (χ0n) is 14.3. The minimum absolute atomic E-state index is 0.183. The summed E-state index contributed by atoms with van der Waals surface area (Å²) in [6.45, 7) is 5.36. The molecule has 0 bridgehead atoms. The summed E-state index contributed by atoms with van der Waals surface area (Å²) < 4.78 is 16.9. The summed E-state index contributed by atoms with van der Waals surface area (Å²) in [5.74, 6) is 1.75. The number of nitrogens with one attached hydrogen (secondary N) is 1. The van der Waals surface area contributed by atoms with Gasteiger partial charge in [-0.1, -0.05) is 37.6 Å². The molecule has 134 valence electrons. The second kappa shape index (κ2) is 9.01. The maximum absolute atomic E-state index is 9.94. The maximum Gasteiger partial charge on any atom is 0.171 e. The van der Waals surface area contributed by atoms with Gasteiger partial charge in [0.05, 0.1) is 0 Å². The summed E-state index contributed by atoms with van der Waals surface area (Å²) in [6.07, 6.45) is -0.593. The fourth-order valence-electron chi connectivity index (χ4n) is 2.05. The molecular formula is C17H25ClN2O4. The number of hydrogen-bond donors (Lipinski definition) is 2. The summed E-state index contributed by atoms with van der Waals surface area (Å²) in [5.41, 5.74) is 0. The van der Waals surface area contributed by atoms with Crippen molar-refractivity contribution in [2.24, 2.45) is 0 Å². The number of benzene rings is 1. The summed E-state index contributed by atoms with van der Waals surface area (Å²) >= 11 is 6.13. The van der Waals surface area contributed by atoms with Gasteiger partial charge in [0.1, 0.15) is 24.5 Å². The van der Waals surface area contributed by atoms with Gasteiger partial charge < -0.3 is 29.5 Å². The van der Waals surface area contributed by atoms with Gasteiger partial charge in [0.2, 0.25) is 0 Å². The molecule has 1 aliphatic rings. The van der Waals surface area contributed by atoms with Crippen LogP contribution in [0.15, 0.2) is 35.2 Å². The second-order valence-electron chi connectivity index (χ2n) is 5.95. The highest BCUT2D eigenvalue weighted by atomic mass is 35.5. The Hall–Kier alpha value is -1.63. The molecule has 0 saturated carbocycles. The Labute approximate surface area is 147 Å². The lowest BCUT2D eigenvalue weighted by Gasteiger charge is -2.17. The third kappa shape index (κ3) is 5.47. The van der Waals surface area contributed by atoms with Gasteiger partial charge in [-0.3, -0.25) is 0 Å². The molecule has 0 fully saturated rings. The van der Waals surface area contributed by atoms with E-state index in [4.69, 9.17) is 25.8 Å². The minimum atomic E-state index is -0.593. The highest BCUT2D eigenvalue weighted by molar-refractivity contribution is 6.29. The number of hydrogen-bond acceptors (Lipinski definition) is 6. The number of nitrogens with zero attached hydrogens (tertiary/aromatic N) is 1. The van der Waals surface area contributed by atoms with Crippen molar-refractivity contribution in [1.29, 1.82) is 0 Å². The molecule has 1 atom stereocenters. The van der Waals surface area contributed by atoms with Crippen LogP contribution in [0.5, 0.6) is 11.5 Å². The first-order chi connectivity index (χ1) is 11.5. The molecule has 0 aliphatic carbocycles. The van der Waals surface area contributed by atoms with E-state index in [0.29, 0.717) is 41.7 Å². The molecule has 7 heteroatoms. The van der Waals surface area contributed by atoms with E-state index in [0.717, 1.165) is 0 Å². The SMILES string of the molecule is CC(C)NC[C@H](O)COc1ccccc1OCC1=C(Cl)N(C)CO1. The average molecular weight is 357 g/mol. The standard InChI is InChI=1S/C17H25ClN2O4/c1-12(2)19-8-13(21)9-22-14-6-4-5-7-15(14)23-10-16-17(18)20(3)11-24-16/h4-7,12-13,19,21H,8-11H2,1-3H3/t13-/m0/s1. The van der Waals surface area contributed by atoms with Crippen molar-refractivity contribution in [2.75, 3.05) is 33.5 Å². The van der Waals surface area contributed by atoms with Gasteiger partial charge in [0.15, 0.2) is 24.0 Å². The largest absolute Gasteiger partial charge is 0.487 e. The van der Waals surface area contributed by atoms with Crippen LogP contribution in [0.1, 0.15) is 13.8 Å². The van der Waals surface area contributed by atoms with Gasteiger partial charge >= 0.3 is 0 Å². The van der Waals surface area contributed by atoms with Crippen molar-refractivity contribution in [2.45, 2.75) is 26.0 Å². The predicted molar refractivity (Wildman–Crippen MR) is 93.2 cm³/mol. The van der Waals surface area contributed by atoms with Gasteiger partial charge in [0.25, 0.3) is 0 Å². The van der Waals surface area contributed by atoms with Crippen LogP contribution in [-0.2, 0) is 4.74 Å². The smallest absolute Gasteiger partial charge is 0.171 e. The van der Waals surface area contributed by atoms with Crippen LogP contribution in [0.25, 0.3) is 0 Å². The van der Waals surface area contributed by atoms with E-state index in [2.05, 4.69) is 5.32 Å². The molecule has 0 aromatic heterocycles. The van der Waals surface area contributed by atoms with Crippen molar-refractivity contribution in [3.8, 4) is 11.5 Å². The first kappa shape index (κ1) is 18.7. The maximum atomic E-state index is 9.94. The molecule has 1 heterocycles. The predicted octanol–water partition coefficient (Wildman–Crippen LogP) is 2.13. The topological polar surface area (TPSA) is 63.2 Å². The third-order valence-electron chi connectivity index (χ3n) is 3.40. The Morgan fingerprint density at radius 1 is 1.29 bits per heavy atom. The van der Waals surface area contributed by atoms with E-state index in [1.54, 1.807) is 17.0 Å². The fourth-order valence-corrected chi connectivity index (χ4v) is 2.21. The Kier molecular flexibility index (Phi) is 7.02. The van der Waals surface area contributed by atoms with E-state index in [1.807, 2.05) is 33.0 Å². The summed E-state index contributed by atoms with van der Waals surface area (Å²) in [4.78, 5) is 1.79. The molecule has 0 unspecified atom stereocenters. The van der Waals surface area contributed by atoms with E-state index >= 15 is 0 Å². The van der Waals surface area contributed by atoms with Crippen LogP contribution in [0.3, 0.4) is 0 Å². The van der Waals surface area contributed by atoms with Gasteiger partial charge in [-0.05, 0) is 12.1 Å². The zero-order valence-corrected chi connectivity index (χ0v) is 15.0. The van der Waals surface area contributed by atoms with Gasteiger partial charge in [-0.15, -0.1) is 0 Å². The highest BCUT2D eigenvalue weighted by Gasteiger charge is 2.20. The Balaban J connectivity index is 1.88.